The van der Waals surface area contributed by atoms with E-state index in [0.29, 0.717) is 22.6 Å². The molecule has 0 aromatic heterocycles. The quantitative estimate of drug-likeness (QED) is 0.196. The molecule has 2 amide bonds. The van der Waals surface area contributed by atoms with E-state index in [-0.39, 0.29) is 22.0 Å². The van der Waals surface area contributed by atoms with Crippen molar-refractivity contribution in [1.29, 1.82) is 0 Å². The van der Waals surface area contributed by atoms with Crippen LogP contribution in [0.25, 0.3) is 0 Å². The van der Waals surface area contributed by atoms with Crippen molar-refractivity contribution in [3.8, 4) is 5.75 Å². The van der Waals surface area contributed by atoms with Gasteiger partial charge in [0.05, 0.1) is 21.8 Å². The van der Waals surface area contributed by atoms with Crippen LogP contribution in [0, 0.1) is 0 Å². The molecule has 1 N–H and O–H groups in total. The molecule has 0 saturated carbocycles. The van der Waals surface area contributed by atoms with Crippen molar-refractivity contribution in [2.24, 2.45) is 0 Å². The van der Waals surface area contributed by atoms with Gasteiger partial charge < -0.3 is 10.1 Å². The minimum Gasteiger partial charge on any atom is -0.423 e. The molecular weight excluding hydrogens is 544 g/mol. The lowest BCUT2D eigenvalue weighted by atomic mass is 10.0. The van der Waals surface area contributed by atoms with E-state index in [1.54, 1.807) is 12.1 Å². The highest BCUT2D eigenvalue weighted by Gasteiger charge is 2.41. The number of carbonyl (C=O) groups is 3. The van der Waals surface area contributed by atoms with Gasteiger partial charge in [0, 0.05) is 5.69 Å². The van der Waals surface area contributed by atoms with Crippen molar-refractivity contribution in [2.45, 2.75) is 25.9 Å². The van der Waals surface area contributed by atoms with E-state index < -0.39 is 40.2 Å². The van der Waals surface area contributed by atoms with Crippen LogP contribution in [0.3, 0.4) is 0 Å². The molecule has 196 valence electrons. The summed E-state index contributed by atoms with van der Waals surface area (Å²) < 4.78 is 44.9. The number of benzene rings is 3. The van der Waals surface area contributed by atoms with Gasteiger partial charge in [-0.25, -0.2) is 9.69 Å². The van der Waals surface area contributed by atoms with Gasteiger partial charge in [0.2, 0.25) is 0 Å². The molecule has 0 aliphatic carbocycles. The Labute approximate surface area is 225 Å². The standard InChI is InChI=1S/C27H19Cl2F3N2O4/c1-14(2)15-5-10-19(11-6-15)38-26(37)16-3-8-18(9-4-16)33-23-22(29)24(35)34(25(23)36)21-13-17(27(30,31)32)7-12-20(21)28/h3-14,33H,1-2H3. The highest BCUT2D eigenvalue weighted by molar-refractivity contribution is 6.53. The number of amides is 2. The van der Waals surface area contributed by atoms with Crippen LogP contribution in [0.4, 0.5) is 24.5 Å². The van der Waals surface area contributed by atoms with Crippen LogP contribution in [0.5, 0.6) is 5.75 Å². The Hall–Kier alpha value is -3.82. The first kappa shape index (κ1) is 27.2. The number of hydrogen-bond donors (Lipinski definition) is 1. The van der Waals surface area contributed by atoms with Crippen LogP contribution in [0.15, 0.2) is 77.5 Å². The number of halogens is 5. The molecule has 11 heteroatoms. The van der Waals surface area contributed by atoms with Crippen LogP contribution in [0.2, 0.25) is 5.02 Å². The Morgan fingerprint density at radius 3 is 2.13 bits per heavy atom. The normalized spacial score (nSPS) is 13.9. The van der Waals surface area contributed by atoms with Gasteiger partial charge in [-0.15, -0.1) is 0 Å². The van der Waals surface area contributed by atoms with E-state index in [1.807, 2.05) is 26.0 Å². The number of hydrogen-bond acceptors (Lipinski definition) is 5. The number of carbonyl (C=O) groups excluding carboxylic acids is 3. The molecular formula is C27H19Cl2F3N2O4. The monoisotopic (exact) mass is 562 g/mol. The van der Waals surface area contributed by atoms with Gasteiger partial charge in [0.1, 0.15) is 16.5 Å². The molecule has 1 aliphatic heterocycles. The van der Waals surface area contributed by atoms with Gasteiger partial charge in [-0.05, 0) is 66.1 Å². The second-order valence-electron chi connectivity index (χ2n) is 8.61. The number of esters is 1. The van der Waals surface area contributed by atoms with Gasteiger partial charge in [0.25, 0.3) is 11.8 Å². The SMILES string of the molecule is CC(C)c1ccc(OC(=O)c2ccc(NC3=C(Cl)C(=O)N(c4cc(C(F)(F)F)ccc4Cl)C3=O)cc2)cc1. The Bertz CT molecular complexity index is 1450. The summed E-state index contributed by atoms with van der Waals surface area (Å²) >= 11 is 12.1. The molecule has 38 heavy (non-hydrogen) atoms. The third-order valence-electron chi connectivity index (χ3n) is 5.69. The summed E-state index contributed by atoms with van der Waals surface area (Å²) in [6.45, 7) is 4.10. The third kappa shape index (κ3) is 5.54. The second-order valence-corrected chi connectivity index (χ2v) is 9.40. The van der Waals surface area contributed by atoms with E-state index in [1.165, 1.54) is 24.3 Å². The summed E-state index contributed by atoms with van der Waals surface area (Å²) in [7, 11) is 0. The summed E-state index contributed by atoms with van der Waals surface area (Å²) in [6, 6.07) is 15.2. The van der Waals surface area contributed by atoms with E-state index in [9.17, 15) is 27.6 Å². The second kappa shape index (κ2) is 10.5. The molecule has 1 aliphatic rings. The van der Waals surface area contributed by atoms with Crippen molar-refractivity contribution in [2.75, 3.05) is 10.2 Å². The summed E-state index contributed by atoms with van der Waals surface area (Å²) in [5.41, 5.74) is -0.295. The van der Waals surface area contributed by atoms with E-state index >= 15 is 0 Å². The van der Waals surface area contributed by atoms with Crippen LogP contribution >= 0.6 is 23.2 Å². The zero-order valence-electron chi connectivity index (χ0n) is 19.9. The highest BCUT2D eigenvalue weighted by atomic mass is 35.5. The maximum Gasteiger partial charge on any atom is 0.416 e. The lowest BCUT2D eigenvalue weighted by Gasteiger charge is -2.18. The maximum absolute atomic E-state index is 13.2. The topological polar surface area (TPSA) is 75.7 Å². The Kier molecular flexibility index (Phi) is 7.53. The molecule has 0 fully saturated rings. The summed E-state index contributed by atoms with van der Waals surface area (Å²) in [4.78, 5) is 38.6. The molecule has 4 rings (SSSR count). The number of alkyl halides is 3. The molecule has 0 unspecified atom stereocenters. The van der Waals surface area contributed by atoms with Gasteiger partial charge in [0.15, 0.2) is 0 Å². The van der Waals surface area contributed by atoms with Crippen LogP contribution in [-0.4, -0.2) is 17.8 Å². The smallest absolute Gasteiger partial charge is 0.416 e. The van der Waals surface area contributed by atoms with Crippen molar-refractivity contribution in [3.05, 3.63) is 99.2 Å². The summed E-state index contributed by atoms with van der Waals surface area (Å²) in [5, 5.41) is 1.91. The van der Waals surface area contributed by atoms with E-state index in [4.69, 9.17) is 27.9 Å². The van der Waals surface area contributed by atoms with Gasteiger partial charge in [-0.1, -0.05) is 49.2 Å². The largest absolute Gasteiger partial charge is 0.423 e. The molecule has 0 spiro atoms. The lowest BCUT2D eigenvalue weighted by Crippen LogP contribution is -2.32. The Balaban J connectivity index is 1.49. The maximum atomic E-state index is 13.2. The number of ether oxygens (including phenoxy) is 1. The molecule has 1 heterocycles. The molecule has 0 bridgehead atoms. The molecule has 0 radical (unpaired) electrons. The number of rotatable bonds is 6. The number of nitrogens with zero attached hydrogens (tertiary/aromatic N) is 1. The van der Waals surface area contributed by atoms with E-state index in [2.05, 4.69) is 5.32 Å². The van der Waals surface area contributed by atoms with Crippen molar-refractivity contribution >= 4 is 52.4 Å². The minimum absolute atomic E-state index is 0.217. The Morgan fingerprint density at radius 2 is 1.55 bits per heavy atom. The Morgan fingerprint density at radius 1 is 0.921 bits per heavy atom. The fourth-order valence-electron chi connectivity index (χ4n) is 3.61. The molecule has 0 saturated heterocycles. The van der Waals surface area contributed by atoms with Crippen LogP contribution < -0.4 is 15.0 Å². The predicted octanol–water partition coefficient (Wildman–Crippen LogP) is 7.14. The zero-order chi connectivity index (χ0) is 27.8. The average Bonchev–Trinajstić information content (AvgIpc) is 3.07. The number of imide groups is 1. The summed E-state index contributed by atoms with van der Waals surface area (Å²) in [5.74, 6) is -1.93. The van der Waals surface area contributed by atoms with Gasteiger partial charge in [-0.2, -0.15) is 13.2 Å². The van der Waals surface area contributed by atoms with Gasteiger partial charge in [-0.3, -0.25) is 9.59 Å². The predicted molar refractivity (Wildman–Crippen MR) is 137 cm³/mol. The fraction of sp³-hybridized carbons (Fsp3) is 0.148. The van der Waals surface area contributed by atoms with Crippen molar-refractivity contribution in [3.63, 3.8) is 0 Å². The number of anilines is 2. The first-order chi connectivity index (χ1) is 17.9. The fourth-order valence-corrected chi connectivity index (χ4v) is 4.03. The first-order valence-electron chi connectivity index (χ1n) is 11.2. The highest BCUT2D eigenvalue weighted by Crippen LogP contribution is 2.38. The lowest BCUT2D eigenvalue weighted by molar-refractivity contribution is -0.137. The first-order valence-corrected chi connectivity index (χ1v) is 12.0. The zero-order valence-corrected chi connectivity index (χ0v) is 21.4. The third-order valence-corrected chi connectivity index (χ3v) is 6.36. The van der Waals surface area contributed by atoms with Crippen LogP contribution in [0.1, 0.15) is 41.3 Å². The van der Waals surface area contributed by atoms with Gasteiger partial charge >= 0.3 is 12.1 Å². The molecule has 6 nitrogen and oxygen atoms in total. The number of nitrogens with one attached hydrogen (secondary N) is 1. The van der Waals surface area contributed by atoms with Crippen molar-refractivity contribution < 1.29 is 32.3 Å². The summed E-state index contributed by atoms with van der Waals surface area (Å²) in [6.07, 6.45) is -4.72. The molecule has 3 aromatic carbocycles. The molecule has 0 atom stereocenters. The average molecular weight is 563 g/mol. The van der Waals surface area contributed by atoms with Crippen molar-refractivity contribution in [1.82, 2.24) is 0 Å². The van der Waals surface area contributed by atoms with Crippen LogP contribution in [-0.2, 0) is 15.8 Å². The minimum atomic E-state index is -4.72. The molecule has 3 aromatic rings. The van der Waals surface area contributed by atoms with E-state index in [0.717, 1.165) is 17.7 Å².